The maximum atomic E-state index is 5.39. The second-order valence-corrected chi connectivity index (χ2v) is 5.61. The molecule has 16 heavy (non-hydrogen) atoms. The second kappa shape index (κ2) is 5.78. The Morgan fingerprint density at radius 2 is 2.25 bits per heavy atom. The lowest BCUT2D eigenvalue weighted by atomic mass is 9.93. The van der Waals surface area contributed by atoms with E-state index in [-0.39, 0.29) is 0 Å². The number of aromatic nitrogens is 1. The minimum absolute atomic E-state index is 0.532. The zero-order chi connectivity index (χ0) is 11.4. The van der Waals surface area contributed by atoms with Gasteiger partial charge in [-0.05, 0) is 37.3 Å². The van der Waals surface area contributed by atoms with Crippen LogP contribution in [0.1, 0.15) is 24.1 Å². The summed E-state index contributed by atoms with van der Waals surface area (Å²) in [6.07, 6.45) is 5.24. The summed E-state index contributed by atoms with van der Waals surface area (Å²) >= 11 is 3.81. The van der Waals surface area contributed by atoms with Crippen LogP contribution in [0.2, 0.25) is 0 Å². The Kier molecular flexibility index (Phi) is 4.36. The topological polar surface area (TPSA) is 22.1 Å². The highest BCUT2D eigenvalue weighted by Crippen LogP contribution is 2.27. The second-order valence-electron chi connectivity index (χ2n) is 4.44. The highest BCUT2D eigenvalue weighted by Gasteiger charge is 2.22. The van der Waals surface area contributed by atoms with Gasteiger partial charge in [-0.15, -0.1) is 0 Å². The van der Waals surface area contributed by atoms with Crippen molar-refractivity contribution in [2.45, 2.75) is 31.0 Å². The van der Waals surface area contributed by atoms with Gasteiger partial charge in [0.1, 0.15) is 0 Å². The SMILES string of the molecule is Cc1cccnc1CC(Br)C1CCOCC1. The first-order valence-corrected chi connectivity index (χ1v) is 6.81. The Morgan fingerprint density at radius 1 is 1.50 bits per heavy atom. The standard InChI is InChI=1S/C13H18BrNO/c1-10-3-2-6-15-13(10)9-12(14)11-4-7-16-8-5-11/h2-3,6,11-12H,4-5,7-9H2,1H3. The van der Waals surface area contributed by atoms with Gasteiger partial charge in [0.25, 0.3) is 0 Å². The fourth-order valence-corrected chi connectivity index (χ4v) is 3.00. The molecule has 0 bridgehead atoms. The summed E-state index contributed by atoms with van der Waals surface area (Å²) in [5.74, 6) is 0.732. The minimum Gasteiger partial charge on any atom is -0.381 e. The summed E-state index contributed by atoms with van der Waals surface area (Å²) in [7, 11) is 0. The molecule has 1 aliphatic heterocycles. The molecule has 0 spiro atoms. The zero-order valence-corrected chi connectivity index (χ0v) is 11.2. The predicted octanol–water partition coefficient (Wildman–Crippen LogP) is 3.12. The summed E-state index contributed by atoms with van der Waals surface area (Å²) in [4.78, 5) is 4.98. The molecule has 0 aliphatic carbocycles. The summed E-state index contributed by atoms with van der Waals surface area (Å²) in [6.45, 7) is 3.95. The molecule has 1 aromatic rings. The molecule has 1 atom stereocenters. The van der Waals surface area contributed by atoms with Gasteiger partial charge in [0.2, 0.25) is 0 Å². The minimum atomic E-state index is 0.532. The van der Waals surface area contributed by atoms with Crippen LogP contribution in [0.25, 0.3) is 0 Å². The highest BCUT2D eigenvalue weighted by molar-refractivity contribution is 9.09. The molecule has 3 heteroatoms. The van der Waals surface area contributed by atoms with Gasteiger partial charge < -0.3 is 4.74 Å². The number of aryl methyl sites for hydroxylation is 1. The summed E-state index contributed by atoms with van der Waals surface area (Å²) in [5, 5.41) is 0. The van der Waals surface area contributed by atoms with E-state index in [1.807, 2.05) is 12.3 Å². The van der Waals surface area contributed by atoms with E-state index in [2.05, 4.69) is 33.9 Å². The number of hydrogen-bond donors (Lipinski definition) is 0. The van der Waals surface area contributed by atoms with E-state index >= 15 is 0 Å². The van der Waals surface area contributed by atoms with Gasteiger partial charge in [0.15, 0.2) is 0 Å². The van der Waals surface area contributed by atoms with Crippen LogP contribution in [0.4, 0.5) is 0 Å². The molecular weight excluding hydrogens is 266 g/mol. The van der Waals surface area contributed by atoms with Crippen molar-refractivity contribution in [3.05, 3.63) is 29.6 Å². The van der Waals surface area contributed by atoms with Crippen molar-refractivity contribution < 1.29 is 4.74 Å². The molecular formula is C13H18BrNO. The average Bonchev–Trinajstić information content (AvgIpc) is 2.33. The summed E-state index contributed by atoms with van der Waals surface area (Å²) in [6, 6.07) is 4.13. The van der Waals surface area contributed by atoms with Crippen LogP contribution in [-0.4, -0.2) is 23.0 Å². The van der Waals surface area contributed by atoms with Crippen LogP contribution in [0.3, 0.4) is 0 Å². The Labute approximate surface area is 106 Å². The van der Waals surface area contributed by atoms with E-state index in [1.165, 1.54) is 24.1 Å². The third-order valence-electron chi connectivity index (χ3n) is 3.28. The number of pyridine rings is 1. The molecule has 1 saturated heterocycles. The number of ether oxygens (including phenoxy) is 1. The van der Waals surface area contributed by atoms with E-state index in [0.717, 1.165) is 25.6 Å². The monoisotopic (exact) mass is 283 g/mol. The molecule has 1 aromatic heterocycles. The first-order valence-electron chi connectivity index (χ1n) is 5.89. The van der Waals surface area contributed by atoms with Crippen molar-refractivity contribution in [1.82, 2.24) is 4.98 Å². The van der Waals surface area contributed by atoms with E-state index in [0.29, 0.717) is 4.83 Å². The molecule has 2 heterocycles. The van der Waals surface area contributed by atoms with Crippen LogP contribution in [0.15, 0.2) is 18.3 Å². The maximum Gasteiger partial charge on any atom is 0.0469 e. The smallest absolute Gasteiger partial charge is 0.0469 e. The van der Waals surface area contributed by atoms with Crippen LogP contribution in [0, 0.1) is 12.8 Å². The Balaban J connectivity index is 1.96. The molecule has 1 unspecified atom stereocenters. The lowest BCUT2D eigenvalue weighted by molar-refractivity contribution is 0.0661. The first-order chi connectivity index (χ1) is 7.77. The van der Waals surface area contributed by atoms with Crippen molar-refractivity contribution >= 4 is 15.9 Å². The van der Waals surface area contributed by atoms with Crippen molar-refractivity contribution in [1.29, 1.82) is 0 Å². The quantitative estimate of drug-likeness (QED) is 0.796. The van der Waals surface area contributed by atoms with Gasteiger partial charge >= 0.3 is 0 Å². The number of rotatable bonds is 3. The fourth-order valence-electron chi connectivity index (χ4n) is 2.16. The number of alkyl halides is 1. The molecule has 0 N–H and O–H groups in total. The summed E-state index contributed by atoms with van der Waals surface area (Å²) < 4.78 is 5.39. The molecule has 0 amide bonds. The molecule has 2 nitrogen and oxygen atoms in total. The van der Waals surface area contributed by atoms with Crippen LogP contribution < -0.4 is 0 Å². The molecule has 0 saturated carbocycles. The molecule has 88 valence electrons. The third-order valence-corrected chi connectivity index (χ3v) is 4.36. The van der Waals surface area contributed by atoms with E-state index < -0.39 is 0 Å². The molecule has 1 aliphatic rings. The number of hydrogen-bond acceptors (Lipinski definition) is 2. The molecule has 2 rings (SSSR count). The van der Waals surface area contributed by atoms with Gasteiger partial charge in [-0.2, -0.15) is 0 Å². The third kappa shape index (κ3) is 3.05. The van der Waals surface area contributed by atoms with Gasteiger partial charge in [-0.1, -0.05) is 22.0 Å². The Morgan fingerprint density at radius 3 is 2.94 bits per heavy atom. The zero-order valence-electron chi connectivity index (χ0n) is 9.66. The molecule has 0 aromatic carbocycles. The molecule has 0 radical (unpaired) electrons. The number of nitrogens with zero attached hydrogens (tertiary/aromatic N) is 1. The van der Waals surface area contributed by atoms with Crippen molar-refractivity contribution in [2.24, 2.45) is 5.92 Å². The molecule has 1 fully saturated rings. The van der Waals surface area contributed by atoms with Gasteiger partial charge in [0, 0.05) is 36.4 Å². The van der Waals surface area contributed by atoms with Crippen molar-refractivity contribution in [3.63, 3.8) is 0 Å². The predicted molar refractivity (Wildman–Crippen MR) is 68.9 cm³/mol. The van der Waals surface area contributed by atoms with E-state index in [4.69, 9.17) is 4.74 Å². The van der Waals surface area contributed by atoms with Gasteiger partial charge in [0.05, 0.1) is 0 Å². The Hall–Kier alpha value is -0.410. The fraction of sp³-hybridized carbons (Fsp3) is 0.615. The lowest BCUT2D eigenvalue weighted by Crippen LogP contribution is -2.25. The largest absolute Gasteiger partial charge is 0.381 e. The Bertz CT molecular complexity index is 336. The van der Waals surface area contributed by atoms with E-state index in [9.17, 15) is 0 Å². The van der Waals surface area contributed by atoms with Gasteiger partial charge in [-0.25, -0.2) is 0 Å². The van der Waals surface area contributed by atoms with Crippen LogP contribution in [0.5, 0.6) is 0 Å². The average molecular weight is 284 g/mol. The highest BCUT2D eigenvalue weighted by atomic mass is 79.9. The maximum absolute atomic E-state index is 5.39. The van der Waals surface area contributed by atoms with Crippen molar-refractivity contribution in [3.8, 4) is 0 Å². The van der Waals surface area contributed by atoms with Crippen LogP contribution in [-0.2, 0) is 11.2 Å². The first kappa shape index (κ1) is 12.1. The van der Waals surface area contributed by atoms with Gasteiger partial charge in [-0.3, -0.25) is 4.98 Å². The van der Waals surface area contributed by atoms with Crippen molar-refractivity contribution in [2.75, 3.05) is 13.2 Å². The van der Waals surface area contributed by atoms with Crippen LogP contribution >= 0.6 is 15.9 Å². The lowest BCUT2D eigenvalue weighted by Gasteiger charge is -2.26. The van der Waals surface area contributed by atoms with E-state index in [1.54, 1.807) is 0 Å². The normalized spacial score (nSPS) is 19.6. The number of halogens is 1. The summed E-state index contributed by atoms with van der Waals surface area (Å²) in [5.41, 5.74) is 2.51.